The van der Waals surface area contributed by atoms with Crippen LogP contribution in [0.5, 0.6) is 17.2 Å². The molecule has 3 aromatic carbocycles. The van der Waals surface area contributed by atoms with E-state index in [0.717, 1.165) is 4.68 Å². The number of anilines is 1. The van der Waals surface area contributed by atoms with Crippen molar-refractivity contribution in [3.8, 4) is 17.2 Å². The fourth-order valence-corrected chi connectivity index (χ4v) is 3.20. The molecule has 0 atom stereocenters. The summed E-state index contributed by atoms with van der Waals surface area (Å²) < 4.78 is 12.1. The zero-order valence-corrected chi connectivity index (χ0v) is 17.3. The Morgan fingerprint density at radius 1 is 1.06 bits per heavy atom. The highest BCUT2D eigenvalue weighted by Gasteiger charge is 2.13. The number of ether oxygens (including phenoxy) is 2. The molecule has 1 N–H and O–H groups in total. The van der Waals surface area contributed by atoms with Gasteiger partial charge in [-0.15, -0.1) is 0 Å². The molecule has 0 bridgehead atoms. The summed E-state index contributed by atoms with van der Waals surface area (Å²) in [6.45, 7) is -0.252. The van der Waals surface area contributed by atoms with Crippen LogP contribution in [0.4, 0.5) is 5.69 Å². The van der Waals surface area contributed by atoms with Crippen molar-refractivity contribution >= 4 is 34.0 Å². The lowest BCUT2D eigenvalue weighted by atomic mass is 10.2. The van der Waals surface area contributed by atoms with Crippen LogP contribution in [0.3, 0.4) is 0 Å². The van der Waals surface area contributed by atoms with Crippen LogP contribution in [0.2, 0.25) is 5.02 Å². The number of nitrogens with zero attached hydrogens (tertiary/aromatic N) is 2. The monoisotopic (exact) mass is 435 g/mol. The number of nitrogens with one attached hydrogen (secondary N) is 1. The lowest BCUT2D eigenvalue weighted by Gasteiger charge is -2.13. The molecule has 0 aliphatic carbocycles. The van der Waals surface area contributed by atoms with Gasteiger partial charge in [-0.25, -0.2) is 4.68 Å². The number of hydrogen-bond donors (Lipinski definition) is 1. The highest BCUT2D eigenvalue weighted by atomic mass is 35.5. The number of benzene rings is 3. The van der Waals surface area contributed by atoms with Gasteiger partial charge in [0.25, 0.3) is 5.56 Å². The number of fused-ring (bicyclic) bond motifs is 1. The van der Waals surface area contributed by atoms with Gasteiger partial charge in [-0.05, 0) is 48.5 Å². The molecule has 1 aromatic heterocycles. The van der Waals surface area contributed by atoms with Crippen LogP contribution >= 0.6 is 11.6 Å². The van der Waals surface area contributed by atoms with E-state index in [4.69, 9.17) is 21.1 Å². The van der Waals surface area contributed by atoms with Crippen LogP contribution in [-0.2, 0) is 11.3 Å². The Morgan fingerprint density at radius 3 is 2.58 bits per heavy atom. The molecular weight excluding hydrogens is 418 g/mol. The number of rotatable bonds is 6. The number of carbonyl (C=O) groups is 1. The number of methoxy groups -OCH3 is 1. The first-order chi connectivity index (χ1) is 15.0. The van der Waals surface area contributed by atoms with Gasteiger partial charge in [0, 0.05) is 10.4 Å². The van der Waals surface area contributed by atoms with Crippen molar-refractivity contribution in [2.45, 2.75) is 6.54 Å². The summed E-state index contributed by atoms with van der Waals surface area (Å²) >= 11 is 6.10. The molecule has 0 fully saturated rings. The van der Waals surface area contributed by atoms with Crippen molar-refractivity contribution in [3.05, 3.63) is 88.3 Å². The molecule has 7 nitrogen and oxygen atoms in total. The Labute approximate surface area is 182 Å². The van der Waals surface area contributed by atoms with Crippen molar-refractivity contribution in [2.75, 3.05) is 12.4 Å². The normalized spacial score (nSPS) is 10.6. The largest absolute Gasteiger partial charge is 0.497 e. The van der Waals surface area contributed by atoms with Crippen molar-refractivity contribution in [2.24, 2.45) is 0 Å². The van der Waals surface area contributed by atoms with E-state index in [1.54, 1.807) is 74.0 Å². The Balaban J connectivity index is 1.54. The van der Waals surface area contributed by atoms with Crippen LogP contribution in [0.1, 0.15) is 0 Å². The maximum absolute atomic E-state index is 12.6. The minimum Gasteiger partial charge on any atom is -0.497 e. The number of aromatic nitrogens is 2. The van der Waals surface area contributed by atoms with Gasteiger partial charge in [0.2, 0.25) is 5.91 Å². The maximum Gasteiger partial charge on any atom is 0.275 e. The van der Waals surface area contributed by atoms with Crippen molar-refractivity contribution in [1.29, 1.82) is 0 Å². The minimum absolute atomic E-state index is 0.252. The van der Waals surface area contributed by atoms with Crippen LogP contribution < -0.4 is 20.3 Å². The first-order valence-electron chi connectivity index (χ1n) is 9.39. The predicted molar refractivity (Wildman–Crippen MR) is 119 cm³/mol. The minimum atomic E-state index is -0.438. The number of carbonyl (C=O) groups excluding carboxylic acids is 1. The van der Waals surface area contributed by atoms with E-state index in [0.29, 0.717) is 38.7 Å². The third-order valence-corrected chi connectivity index (χ3v) is 4.79. The standard InChI is InChI=1S/C23H18ClN3O4/c1-30-17-7-9-18(10-8-17)31-21-11-6-16(24)12-20(21)26-22(28)14-27-23(29)19-5-3-2-4-15(19)13-25-27/h2-13H,14H2,1H3,(H,26,28). The molecule has 1 heterocycles. The van der Waals surface area contributed by atoms with Crippen molar-refractivity contribution in [3.63, 3.8) is 0 Å². The van der Waals surface area contributed by atoms with Gasteiger partial charge >= 0.3 is 0 Å². The van der Waals surface area contributed by atoms with Gasteiger partial charge in [-0.2, -0.15) is 5.10 Å². The first-order valence-corrected chi connectivity index (χ1v) is 9.77. The third kappa shape index (κ3) is 4.67. The second kappa shape index (κ2) is 8.89. The first kappa shape index (κ1) is 20.4. The van der Waals surface area contributed by atoms with Crippen LogP contribution in [0.15, 0.2) is 77.7 Å². The zero-order chi connectivity index (χ0) is 21.8. The van der Waals surface area contributed by atoms with Crippen LogP contribution in [0, 0.1) is 0 Å². The van der Waals surface area contributed by atoms with Gasteiger partial charge in [-0.1, -0.05) is 29.8 Å². The second-order valence-corrected chi connectivity index (χ2v) is 7.10. The molecule has 4 aromatic rings. The van der Waals surface area contributed by atoms with Gasteiger partial charge in [-0.3, -0.25) is 9.59 Å². The Kier molecular flexibility index (Phi) is 5.86. The summed E-state index contributed by atoms with van der Waals surface area (Å²) in [5.41, 5.74) is 0.0382. The van der Waals surface area contributed by atoms with E-state index in [2.05, 4.69) is 10.4 Å². The molecule has 0 aliphatic heterocycles. The molecule has 31 heavy (non-hydrogen) atoms. The second-order valence-electron chi connectivity index (χ2n) is 6.66. The quantitative estimate of drug-likeness (QED) is 0.482. The smallest absolute Gasteiger partial charge is 0.275 e. The Morgan fingerprint density at radius 2 is 1.81 bits per heavy atom. The highest BCUT2D eigenvalue weighted by Crippen LogP contribution is 2.32. The molecule has 156 valence electrons. The molecular formula is C23H18ClN3O4. The van der Waals surface area contributed by atoms with E-state index in [1.165, 1.54) is 0 Å². The lowest BCUT2D eigenvalue weighted by molar-refractivity contribution is -0.117. The fourth-order valence-electron chi connectivity index (χ4n) is 3.03. The Bertz CT molecular complexity index is 1300. The van der Waals surface area contributed by atoms with Crippen LogP contribution in [-0.4, -0.2) is 22.8 Å². The molecule has 0 unspecified atom stereocenters. The van der Waals surface area contributed by atoms with E-state index in [-0.39, 0.29) is 12.1 Å². The lowest BCUT2D eigenvalue weighted by Crippen LogP contribution is -2.29. The number of halogens is 1. The summed E-state index contributed by atoms with van der Waals surface area (Å²) in [6.07, 6.45) is 1.56. The predicted octanol–water partition coefficient (Wildman–Crippen LogP) is 4.49. The van der Waals surface area contributed by atoms with Crippen LogP contribution in [0.25, 0.3) is 10.8 Å². The van der Waals surface area contributed by atoms with E-state index in [1.807, 2.05) is 6.07 Å². The molecule has 0 saturated heterocycles. The number of hydrogen-bond acceptors (Lipinski definition) is 5. The van der Waals surface area contributed by atoms with E-state index >= 15 is 0 Å². The SMILES string of the molecule is COc1ccc(Oc2ccc(Cl)cc2NC(=O)Cn2ncc3ccccc3c2=O)cc1. The topological polar surface area (TPSA) is 82.4 Å². The molecule has 8 heteroatoms. The van der Waals surface area contributed by atoms with Crippen molar-refractivity contribution < 1.29 is 14.3 Å². The van der Waals surface area contributed by atoms with Gasteiger partial charge < -0.3 is 14.8 Å². The van der Waals surface area contributed by atoms with E-state index in [9.17, 15) is 9.59 Å². The summed E-state index contributed by atoms with van der Waals surface area (Å²) in [5.74, 6) is 1.23. The fraction of sp³-hybridized carbons (Fsp3) is 0.0870. The van der Waals surface area contributed by atoms with Gasteiger partial charge in [0.05, 0.1) is 24.4 Å². The summed E-state index contributed by atoms with van der Waals surface area (Å²) in [5, 5.41) is 8.47. The molecule has 0 spiro atoms. The molecule has 0 aliphatic rings. The average Bonchev–Trinajstić information content (AvgIpc) is 2.78. The maximum atomic E-state index is 12.6. The molecule has 1 amide bonds. The summed E-state index contributed by atoms with van der Waals surface area (Å²) in [4.78, 5) is 25.2. The Hall–Kier alpha value is -3.84. The third-order valence-electron chi connectivity index (χ3n) is 4.56. The summed E-state index contributed by atoms with van der Waals surface area (Å²) in [6, 6.07) is 19.0. The summed E-state index contributed by atoms with van der Waals surface area (Å²) in [7, 11) is 1.58. The molecule has 4 rings (SSSR count). The van der Waals surface area contributed by atoms with Gasteiger partial charge in [0.1, 0.15) is 18.0 Å². The molecule has 0 radical (unpaired) electrons. The average molecular weight is 436 g/mol. The molecule has 0 saturated carbocycles. The highest BCUT2D eigenvalue weighted by molar-refractivity contribution is 6.31. The zero-order valence-electron chi connectivity index (χ0n) is 16.5. The number of amides is 1. The van der Waals surface area contributed by atoms with Crippen molar-refractivity contribution in [1.82, 2.24) is 9.78 Å². The van der Waals surface area contributed by atoms with E-state index < -0.39 is 5.91 Å². The van der Waals surface area contributed by atoms with Gasteiger partial charge in [0.15, 0.2) is 5.75 Å².